The highest BCUT2D eigenvalue weighted by Crippen LogP contribution is 2.20. The summed E-state index contributed by atoms with van der Waals surface area (Å²) in [5.74, 6) is 0.702. The first kappa shape index (κ1) is 10.8. The molecule has 1 aromatic carbocycles. The Morgan fingerprint density at radius 3 is 2.64 bits per heavy atom. The van der Waals surface area contributed by atoms with Crippen LogP contribution in [0.1, 0.15) is 32.3 Å². The molecule has 2 N–H and O–H groups in total. The number of benzene rings is 1. The Balaban J connectivity index is 2.95. The summed E-state index contributed by atoms with van der Waals surface area (Å²) in [4.78, 5) is 4.39. The van der Waals surface area contributed by atoms with Gasteiger partial charge in [0.1, 0.15) is 0 Å². The van der Waals surface area contributed by atoms with Gasteiger partial charge in [-0.15, -0.1) is 0 Å². The molecule has 0 aliphatic heterocycles. The Morgan fingerprint density at radius 2 is 2.00 bits per heavy atom. The maximum absolute atomic E-state index is 5.72. The lowest BCUT2D eigenvalue weighted by molar-refractivity contribution is 0.921. The van der Waals surface area contributed by atoms with Crippen molar-refractivity contribution in [2.45, 2.75) is 33.1 Å². The molecule has 0 atom stereocenters. The van der Waals surface area contributed by atoms with E-state index in [9.17, 15) is 0 Å². The second-order valence-electron chi connectivity index (χ2n) is 3.34. The van der Waals surface area contributed by atoms with Crippen molar-refractivity contribution in [1.29, 1.82) is 0 Å². The van der Waals surface area contributed by atoms with E-state index in [1.165, 1.54) is 5.56 Å². The summed E-state index contributed by atoms with van der Waals surface area (Å²) in [5.41, 5.74) is 8.03. The average Bonchev–Trinajstić information content (AvgIpc) is 2.21. The van der Waals surface area contributed by atoms with Crippen LogP contribution in [-0.4, -0.2) is 5.84 Å². The van der Waals surface area contributed by atoms with E-state index in [0.717, 1.165) is 24.9 Å². The molecule has 0 saturated heterocycles. The number of amidine groups is 1. The molecule has 0 heterocycles. The first-order valence-electron chi connectivity index (χ1n) is 5.18. The van der Waals surface area contributed by atoms with Crippen LogP contribution in [0.2, 0.25) is 0 Å². The lowest BCUT2D eigenvalue weighted by Gasteiger charge is -2.04. The smallest absolute Gasteiger partial charge is 0.0993 e. The lowest BCUT2D eigenvalue weighted by atomic mass is 10.1. The number of nitrogens with two attached hydrogens (primary N) is 1. The van der Waals surface area contributed by atoms with Crippen molar-refractivity contribution in [2.24, 2.45) is 10.7 Å². The standard InChI is InChI=1S/C12H18N2/c1-3-7-10-8-5-6-9-11(10)14-12(13)4-2/h5-6,8-9H,3-4,7H2,1-2H3,(H2,13,14). The molecule has 1 rings (SSSR count). The van der Waals surface area contributed by atoms with Gasteiger partial charge in [-0.05, 0) is 18.1 Å². The van der Waals surface area contributed by atoms with Crippen molar-refractivity contribution in [3.8, 4) is 0 Å². The molecule has 0 saturated carbocycles. The van der Waals surface area contributed by atoms with Crippen LogP contribution in [0.5, 0.6) is 0 Å². The quantitative estimate of drug-likeness (QED) is 0.575. The van der Waals surface area contributed by atoms with Crippen LogP contribution in [0.15, 0.2) is 29.3 Å². The predicted octanol–water partition coefficient (Wildman–Crippen LogP) is 3.04. The third-order valence-electron chi connectivity index (χ3n) is 2.14. The van der Waals surface area contributed by atoms with E-state index >= 15 is 0 Å². The summed E-state index contributed by atoms with van der Waals surface area (Å²) in [6, 6.07) is 8.19. The third-order valence-corrected chi connectivity index (χ3v) is 2.14. The molecule has 1 aromatic rings. The predicted molar refractivity (Wildman–Crippen MR) is 62.0 cm³/mol. The maximum atomic E-state index is 5.72. The van der Waals surface area contributed by atoms with Gasteiger partial charge < -0.3 is 5.73 Å². The molecular weight excluding hydrogens is 172 g/mol. The highest BCUT2D eigenvalue weighted by atomic mass is 14.9. The zero-order valence-electron chi connectivity index (χ0n) is 8.96. The van der Waals surface area contributed by atoms with Crippen molar-refractivity contribution < 1.29 is 0 Å². The minimum absolute atomic E-state index is 0.702. The molecule has 2 nitrogen and oxygen atoms in total. The second kappa shape index (κ2) is 5.43. The lowest BCUT2D eigenvalue weighted by Crippen LogP contribution is -2.08. The zero-order chi connectivity index (χ0) is 10.4. The average molecular weight is 190 g/mol. The normalized spacial score (nSPS) is 11.7. The first-order valence-corrected chi connectivity index (χ1v) is 5.18. The molecule has 0 amide bonds. The Morgan fingerprint density at radius 1 is 1.29 bits per heavy atom. The first-order chi connectivity index (χ1) is 6.77. The van der Waals surface area contributed by atoms with Gasteiger partial charge in [0.05, 0.1) is 11.5 Å². The highest BCUT2D eigenvalue weighted by molar-refractivity contribution is 5.83. The van der Waals surface area contributed by atoms with Crippen LogP contribution in [0.3, 0.4) is 0 Å². The third kappa shape index (κ3) is 2.87. The molecule has 0 unspecified atom stereocenters. The van der Waals surface area contributed by atoms with Crippen molar-refractivity contribution in [2.75, 3.05) is 0 Å². The number of hydrogen-bond donors (Lipinski definition) is 1. The molecule has 2 heteroatoms. The van der Waals surface area contributed by atoms with Gasteiger partial charge in [-0.1, -0.05) is 38.5 Å². The van der Waals surface area contributed by atoms with Crippen LogP contribution in [-0.2, 0) is 6.42 Å². The van der Waals surface area contributed by atoms with Crippen molar-refractivity contribution in [3.05, 3.63) is 29.8 Å². The van der Waals surface area contributed by atoms with Gasteiger partial charge in [0.2, 0.25) is 0 Å². The van der Waals surface area contributed by atoms with Crippen molar-refractivity contribution in [1.82, 2.24) is 0 Å². The van der Waals surface area contributed by atoms with Gasteiger partial charge in [-0.2, -0.15) is 0 Å². The molecule has 0 radical (unpaired) electrons. The Bertz CT molecular complexity index is 316. The van der Waals surface area contributed by atoms with E-state index in [0.29, 0.717) is 5.84 Å². The van der Waals surface area contributed by atoms with Crippen molar-refractivity contribution >= 4 is 11.5 Å². The minimum atomic E-state index is 0.702. The number of rotatable bonds is 4. The van der Waals surface area contributed by atoms with Crippen LogP contribution in [0, 0.1) is 0 Å². The minimum Gasteiger partial charge on any atom is -0.387 e. The van der Waals surface area contributed by atoms with Gasteiger partial charge in [0.15, 0.2) is 0 Å². The molecule has 0 aliphatic rings. The summed E-state index contributed by atoms with van der Waals surface area (Å²) in [6.45, 7) is 4.19. The Kier molecular flexibility index (Phi) is 4.17. The molecule has 0 aromatic heterocycles. The summed E-state index contributed by atoms with van der Waals surface area (Å²) in [6.07, 6.45) is 3.01. The largest absolute Gasteiger partial charge is 0.387 e. The molecule has 14 heavy (non-hydrogen) atoms. The van der Waals surface area contributed by atoms with Crippen LogP contribution >= 0.6 is 0 Å². The fraction of sp³-hybridized carbons (Fsp3) is 0.417. The topological polar surface area (TPSA) is 38.4 Å². The van der Waals surface area contributed by atoms with E-state index in [1.807, 2.05) is 25.1 Å². The summed E-state index contributed by atoms with van der Waals surface area (Å²) in [7, 11) is 0. The monoisotopic (exact) mass is 190 g/mol. The fourth-order valence-corrected chi connectivity index (χ4v) is 1.33. The highest BCUT2D eigenvalue weighted by Gasteiger charge is 1.99. The zero-order valence-corrected chi connectivity index (χ0v) is 8.96. The summed E-state index contributed by atoms with van der Waals surface area (Å²) in [5, 5.41) is 0. The van der Waals surface area contributed by atoms with Gasteiger partial charge >= 0.3 is 0 Å². The number of aryl methyl sites for hydroxylation is 1. The molecule has 0 aliphatic carbocycles. The van der Waals surface area contributed by atoms with Crippen LogP contribution in [0.4, 0.5) is 5.69 Å². The van der Waals surface area contributed by atoms with Gasteiger partial charge in [0.25, 0.3) is 0 Å². The maximum Gasteiger partial charge on any atom is 0.0993 e. The molecule has 76 valence electrons. The van der Waals surface area contributed by atoms with Crippen molar-refractivity contribution in [3.63, 3.8) is 0 Å². The second-order valence-corrected chi connectivity index (χ2v) is 3.34. The van der Waals surface area contributed by atoms with E-state index < -0.39 is 0 Å². The van der Waals surface area contributed by atoms with Gasteiger partial charge in [-0.3, -0.25) is 0 Å². The van der Waals surface area contributed by atoms with Gasteiger partial charge in [-0.25, -0.2) is 4.99 Å². The fourth-order valence-electron chi connectivity index (χ4n) is 1.33. The van der Waals surface area contributed by atoms with E-state index in [4.69, 9.17) is 5.73 Å². The van der Waals surface area contributed by atoms with Crippen LogP contribution in [0.25, 0.3) is 0 Å². The summed E-state index contributed by atoms with van der Waals surface area (Å²) >= 11 is 0. The van der Waals surface area contributed by atoms with E-state index in [1.54, 1.807) is 0 Å². The SMILES string of the molecule is CCCc1ccccc1N=C(N)CC. The van der Waals surface area contributed by atoms with E-state index in [2.05, 4.69) is 18.0 Å². The molecule has 0 spiro atoms. The molecular formula is C12H18N2. The summed E-state index contributed by atoms with van der Waals surface area (Å²) < 4.78 is 0. The number of nitrogens with zero attached hydrogens (tertiary/aromatic N) is 1. The molecule has 0 fully saturated rings. The number of aliphatic imine (C=N–C) groups is 1. The molecule has 0 bridgehead atoms. The van der Waals surface area contributed by atoms with E-state index in [-0.39, 0.29) is 0 Å². The number of hydrogen-bond acceptors (Lipinski definition) is 1. The van der Waals surface area contributed by atoms with Crippen LogP contribution < -0.4 is 5.73 Å². The Labute approximate surface area is 85.9 Å². The Hall–Kier alpha value is -1.31. The van der Waals surface area contributed by atoms with Gasteiger partial charge in [0, 0.05) is 6.42 Å². The number of para-hydroxylation sites is 1.